The van der Waals surface area contributed by atoms with E-state index >= 15 is 0 Å². The lowest BCUT2D eigenvalue weighted by Crippen LogP contribution is -2.50. The quantitative estimate of drug-likeness (QED) is 0.435. The molecule has 3 aromatic rings. The number of ether oxygens (including phenoxy) is 3. The van der Waals surface area contributed by atoms with Crippen molar-refractivity contribution in [3.63, 3.8) is 0 Å². The Kier molecular flexibility index (Phi) is 9.11. The third kappa shape index (κ3) is 6.45. The van der Waals surface area contributed by atoms with E-state index in [9.17, 15) is 14.7 Å². The molecule has 3 amide bonds. The first kappa shape index (κ1) is 28.7. The molecule has 2 heterocycles. The molecule has 4 rings (SSSR count). The molecule has 0 radical (unpaired) electrons. The molecule has 10 nitrogen and oxygen atoms in total. The lowest BCUT2D eigenvalue weighted by atomic mass is 9.99. The van der Waals surface area contributed by atoms with Crippen molar-refractivity contribution in [1.29, 1.82) is 0 Å². The molecule has 2 aromatic carbocycles. The molecule has 0 aliphatic carbocycles. The molecule has 0 saturated carbocycles. The minimum absolute atomic E-state index is 0.162. The highest BCUT2D eigenvalue weighted by molar-refractivity contribution is 5.98. The molecular weight excluding hydrogens is 512 g/mol. The third-order valence-corrected chi connectivity index (χ3v) is 7.09. The number of likely N-dealkylation sites (N-methyl/N-ethyl adjacent to an activating group) is 1. The van der Waals surface area contributed by atoms with Crippen molar-refractivity contribution in [2.45, 2.75) is 26.0 Å². The standard InChI is InChI=1S/C30H36N4O6/c1-19-16-34(20(2)18-35)29(36)26-14-22(21-6-10-24(38-4)11-7-21)15-31-28(26)40-27(19)17-33(3)30(37)32-23-8-12-25(39-5)13-9-23/h6-15,19-20,27,35H,16-18H2,1-5H3,(H,32,37)/t19-,20+,27-/m0/s1. The Hall–Kier alpha value is -4.31. The summed E-state index contributed by atoms with van der Waals surface area (Å²) in [5.41, 5.74) is 2.55. The number of hydrogen-bond donors (Lipinski definition) is 2. The predicted molar refractivity (Wildman–Crippen MR) is 152 cm³/mol. The van der Waals surface area contributed by atoms with Crippen LogP contribution in [0.2, 0.25) is 0 Å². The molecule has 0 spiro atoms. The van der Waals surface area contributed by atoms with Gasteiger partial charge in [0.15, 0.2) is 0 Å². The van der Waals surface area contributed by atoms with Crippen molar-refractivity contribution in [2.75, 3.05) is 46.3 Å². The number of aliphatic hydroxyl groups excluding tert-OH is 1. The molecule has 1 aromatic heterocycles. The largest absolute Gasteiger partial charge is 0.497 e. The van der Waals surface area contributed by atoms with Crippen LogP contribution in [-0.4, -0.2) is 84.9 Å². The van der Waals surface area contributed by atoms with Crippen molar-refractivity contribution in [2.24, 2.45) is 5.92 Å². The minimum atomic E-state index is -0.466. The van der Waals surface area contributed by atoms with Crippen LogP contribution < -0.4 is 19.5 Å². The summed E-state index contributed by atoms with van der Waals surface area (Å²) in [5, 5.41) is 12.8. The second-order valence-electron chi connectivity index (χ2n) is 9.97. The Balaban J connectivity index is 1.60. The number of nitrogens with one attached hydrogen (secondary N) is 1. The lowest BCUT2D eigenvalue weighted by Gasteiger charge is -2.37. The summed E-state index contributed by atoms with van der Waals surface area (Å²) in [5.74, 6) is 1.18. The average Bonchev–Trinajstić information content (AvgIpc) is 2.98. The van der Waals surface area contributed by atoms with Crippen LogP contribution in [0.15, 0.2) is 60.8 Å². The van der Waals surface area contributed by atoms with Crippen LogP contribution in [0.25, 0.3) is 11.1 Å². The number of rotatable bonds is 8. The maximum absolute atomic E-state index is 13.7. The molecule has 3 atom stereocenters. The predicted octanol–water partition coefficient (Wildman–Crippen LogP) is 4.15. The number of hydrogen-bond acceptors (Lipinski definition) is 7. The van der Waals surface area contributed by atoms with Gasteiger partial charge in [-0.3, -0.25) is 4.79 Å². The monoisotopic (exact) mass is 548 g/mol. The first-order chi connectivity index (χ1) is 19.2. The molecule has 1 aliphatic rings. The summed E-state index contributed by atoms with van der Waals surface area (Å²) in [6.07, 6.45) is 1.20. The van der Waals surface area contributed by atoms with Gasteiger partial charge in [0.2, 0.25) is 5.88 Å². The summed E-state index contributed by atoms with van der Waals surface area (Å²) < 4.78 is 16.8. The fourth-order valence-corrected chi connectivity index (χ4v) is 4.51. The van der Waals surface area contributed by atoms with Gasteiger partial charge in [0.1, 0.15) is 23.2 Å². The zero-order chi connectivity index (χ0) is 28.8. The van der Waals surface area contributed by atoms with Crippen LogP contribution in [0, 0.1) is 5.92 Å². The van der Waals surface area contributed by atoms with Crippen molar-refractivity contribution < 1.29 is 28.9 Å². The van der Waals surface area contributed by atoms with E-state index in [0.717, 1.165) is 16.9 Å². The number of benzene rings is 2. The second-order valence-corrected chi connectivity index (χ2v) is 9.97. The van der Waals surface area contributed by atoms with Crippen molar-refractivity contribution in [3.05, 3.63) is 66.4 Å². The van der Waals surface area contributed by atoms with Gasteiger partial charge in [-0.2, -0.15) is 0 Å². The van der Waals surface area contributed by atoms with Gasteiger partial charge < -0.3 is 34.4 Å². The number of carbonyl (C=O) groups excluding carboxylic acids is 2. The van der Waals surface area contributed by atoms with Crippen LogP contribution in [0.1, 0.15) is 24.2 Å². The zero-order valence-corrected chi connectivity index (χ0v) is 23.5. The molecule has 212 valence electrons. The Morgan fingerprint density at radius 2 is 1.75 bits per heavy atom. The number of pyridine rings is 1. The van der Waals surface area contributed by atoms with E-state index in [4.69, 9.17) is 14.2 Å². The normalized spacial score (nSPS) is 17.6. The van der Waals surface area contributed by atoms with E-state index in [1.54, 1.807) is 74.5 Å². The van der Waals surface area contributed by atoms with Gasteiger partial charge in [0.25, 0.3) is 5.91 Å². The highest BCUT2D eigenvalue weighted by Crippen LogP contribution is 2.31. The topological polar surface area (TPSA) is 113 Å². The third-order valence-electron chi connectivity index (χ3n) is 7.09. The maximum Gasteiger partial charge on any atom is 0.321 e. The van der Waals surface area contributed by atoms with Gasteiger partial charge in [-0.05, 0) is 55.0 Å². The van der Waals surface area contributed by atoms with Crippen molar-refractivity contribution in [1.82, 2.24) is 14.8 Å². The van der Waals surface area contributed by atoms with E-state index in [2.05, 4.69) is 10.3 Å². The Morgan fingerprint density at radius 3 is 2.35 bits per heavy atom. The van der Waals surface area contributed by atoms with Gasteiger partial charge in [0, 0.05) is 37.0 Å². The van der Waals surface area contributed by atoms with Gasteiger partial charge in [-0.1, -0.05) is 19.1 Å². The van der Waals surface area contributed by atoms with Gasteiger partial charge in [-0.15, -0.1) is 0 Å². The molecular formula is C30H36N4O6. The van der Waals surface area contributed by atoms with E-state index in [-0.39, 0.29) is 36.9 Å². The number of carbonyl (C=O) groups is 2. The van der Waals surface area contributed by atoms with Crippen molar-refractivity contribution in [3.8, 4) is 28.5 Å². The minimum Gasteiger partial charge on any atom is -0.497 e. The van der Waals surface area contributed by atoms with Gasteiger partial charge in [0.05, 0.1) is 33.4 Å². The molecule has 1 aliphatic heterocycles. The highest BCUT2D eigenvalue weighted by Gasteiger charge is 2.34. The first-order valence-electron chi connectivity index (χ1n) is 13.1. The number of urea groups is 1. The molecule has 2 N–H and O–H groups in total. The number of anilines is 1. The van der Waals surface area contributed by atoms with Crippen LogP contribution in [-0.2, 0) is 0 Å². The van der Waals surface area contributed by atoms with Crippen LogP contribution in [0.3, 0.4) is 0 Å². The fraction of sp³-hybridized carbons (Fsp3) is 0.367. The number of amides is 3. The highest BCUT2D eigenvalue weighted by atomic mass is 16.5. The number of aromatic nitrogens is 1. The lowest BCUT2D eigenvalue weighted by molar-refractivity contribution is 0.0356. The molecule has 10 heteroatoms. The summed E-state index contributed by atoms with van der Waals surface area (Å²) in [6.45, 7) is 4.17. The molecule has 0 saturated heterocycles. The Morgan fingerprint density at radius 1 is 1.12 bits per heavy atom. The Bertz CT molecular complexity index is 1310. The summed E-state index contributed by atoms with van der Waals surface area (Å²) >= 11 is 0. The number of aliphatic hydroxyl groups is 1. The van der Waals surface area contributed by atoms with Crippen LogP contribution >= 0.6 is 0 Å². The number of fused-ring (bicyclic) bond motifs is 1. The summed E-state index contributed by atoms with van der Waals surface area (Å²) in [7, 11) is 4.88. The SMILES string of the molecule is COc1ccc(NC(=O)N(C)C[C@@H]2Oc3ncc(-c4ccc(OC)cc4)cc3C(=O)N([C@H](C)CO)C[C@@H]2C)cc1. The van der Waals surface area contributed by atoms with E-state index in [0.29, 0.717) is 23.5 Å². The Labute approximate surface area is 234 Å². The van der Waals surface area contributed by atoms with Crippen LogP contribution in [0.4, 0.5) is 10.5 Å². The number of methoxy groups -OCH3 is 2. The van der Waals surface area contributed by atoms with Crippen LogP contribution in [0.5, 0.6) is 17.4 Å². The summed E-state index contributed by atoms with van der Waals surface area (Å²) in [6, 6.07) is 15.6. The van der Waals surface area contributed by atoms with Crippen molar-refractivity contribution >= 4 is 17.6 Å². The maximum atomic E-state index is 13.7. The molecule has 0 bridgehead atoms. The smallest absolute Gasteiger partial charge is 0.321 e. The number of nitrogens with zero attached hydrogens (tertiary/aromatic N) is 3. The molecule has 40 heavy (non-hydrogen) atoms. The average molecular weight is 549 g/mol. The molecule has 0 unspecified atom stereocenters. The second kappa shape index (κ2) is 12.7. The molecule has 0 fully saturated rings. The first-order valence-corrected chi connectivity index (χ1v) is 13.1. The van der Waals surface area contributed by atoms with E-state index in [1.165, 1.54) is 0 Å². The zero-order valence-electron chi connectivity index (χ0n) is 23.5. The van der Waals surface area contributed by atoms with E-state index in [1.807, 2.05) is 31.2 Å². The van der Waals surface area contributed by atoms with Gasteiger partial charge in [-0.25, -0.2) is 9.78 Å². The fourth-order valence-electron chi connectivity index (χ4n) is 4.51. The van der Waals surface area contributed by atoms with E-state index < -0.39 is 12.1 Å². The summed E-state index contributed by atoms with van der Waals surface area (Å²) in [4.78, 5) is 34.4. The van der Waals surface area contributed by atoms with Gasteiger partial charge >= 0.3 is 6.03 Å².